The third-order valence-electron chi connectivity index (χ3n) is 2.58. The Hall–Kier alpha value is -1.52. The van der Waals surface area contributed by atoms with E-state index >= 15 is 0 Å². The summed E-state index contributed by atoms with van der Waals surface area (Å²) in [5.41, 5.74) is 0. The quantitative estimate of drug-likeness (QED) is 0.732. The van der Waals surface area contributed by atoms with Gasteiger partial charge < -0.3 is 14.9 Å². The molecule has 0 fully saturated rings. The first-order valence-corrected chi connectivity index (χ1v) is 5.55. The van der Waals surface area contributed by atoms with Gasteiger partial charge in [-0.2, -0.15) is 0 Å². The SMILES string of the molecule is CCN(CCC(=O)O)C(=O)N1CC=CCC1. The molecular formula is C11H18N2O3. The number of rotatable bonds is 4. The molecule has 0 aliphatic carbocycles. The molecular weight excluding hydrogens is 208 g/mol. The number of carboxylic acid groups (broad SMARTS) is 1. The zero-order valence-electron chi connectivity index (χ0n) is 9.56. The van der Waals surface area contributed by atoms with Crippen LogP contribution < -0.4 is 0 Å². The van der Waals surface area contributed by atoms with Gasteiger partial charge in [-0.05, 0) is 13.3 Å². The van der Waals surface area contributed by atoms with Gasteiger partial charge >= 0.3 is 12.0 Å². The van der Waals surface area contributed by atoms with Crippen molar-refractivity contribution in [2.75, 3.05) is 26.2 Å². The second-order valence-electron chi connectivity index (χ2n) is 3.71. The number of hydrogen-bond acceptors (Lipinski definition) is 2. The maximum Gasteiger partial charge on any atom is 0.320 e. The molecule has 0 saturated heterocycles. The maximum atomic E-state index is 12.0. The van der Waals surface area contributed by atoms with Gasteiger partial charge in [-0.3, -0.25) is 4.79 Å². The van der Waals surface area contributed by atoms with E-state index in [0.717, 1.165) is 13.0 Å². The molecule has 0 aromatic heterocycles. The number of carbonyl (C=O) groups is 2. The average Bonchev–Trinajstić information content (AvgIpc) is 2.30. The molecule has 1 rings (SSSR count). The molecule has 5 nitrogen and oxygen atoms in total. The lowest BCUT2D eigenvalue weighted by molar-refractivity contribution is -0.137. The maximum absolute atomic E-state index is 12.0. The fourth-order valence-electron chi connectivity index (χ4n) is 1.63. The third kappa shape index (κ3) is 3.56. The fraction of sp³-hybridized carbons (Fsp3) is 0.636. The van der Waals surface area contributed by atoms with Crippen molar-refractivity contribution in [1.29, 1.82) is 0 Å². The molecule has 1 N–H and O–H groups in total. The van der Waals surface area contributed by atoms with Gasteiger partial charge in [0.2, 0.25) is 0 Å². The number of hydrogen-bond donors (Lipinski definition) is 1. The highest BCUT2D eigenvalue weighted by atomic mass is 16.4. The Balaban J connectivity index is 2.47. The zero-order valence-corrected chi connectivity index (χ0v) is 9.56. The van der Waals surface area contributed by atoms with Crippen LogP contribution >= 0.6 is 0 Å². The van der Waals surface area contributed by atoms with Crippen LogP contribution in [-0.4, -0.2) is 53.1 Å². The predicted octanol–water partition coefficient (Wildman–Crippen LogP) is 1.16. The standard InChI is InChI=1S/C11H18N2O3/c1-2-12(9-6-10(14)15)11(16)13-7-4-3-5-8-13/h3-4H,2,5-9H2,1H3,(H,14,15). The number of nitrogens with zero attached hydrogens (tertiary/aromatic N) is 2. The van der Waals surface area contributed by atoms with Crippen molar-refractivity contribution < 1.29 is 14.7 Å². The molecule has 16 heavy (non-hydrogen) atoms. The first-order chi connectivity index (χ1) is 7.65. The first kappa shape index (κ1) is 12.5. The Morgan fingerprint density at radius 1 is 1.44 bits per heavy atom. The van der Waals surface area contributed by atoms with Crippen LogP contribution in [0.5, 0.6) is 0 Å². The molecule has 0 spiro atoms. The topological polar surface area (TPSA) is 60.9 Å². The minimum atomic E-state index is -0.871. The van der Waals surface area contributed by atoms with Crippen molar-refractivity contribution in [3.05, 3.63) is 12.2 Å². The summed E-state index contributed by atoms with van der Waals surface area (Å²) in [6.07, 6.45) is 4.90. The Morgan fingerprint density at radius 3 is 2.69 bits per heavy atom. The van der Waals surface area contributed by atoms with Crippen molar-refractivity contribution in [2.24, 2.45) is 0 Å². The van der Waals surface area contributed by atoms with E-state index in [1.54, 1.807) is 9.80 Å². The molecule has 1 heterocycles. The van der Waals surface area contributed by atoms with Crippen LogP contribution in [0.15, 0.2) is 12.2 Å². The first-order valence-electron chi connectivity index (χ1n) is 5.55. The number of aliphatic carboxylic acids is 1. The summed E-state index contributed by atoms with van der Waals surface area (Å²) in [5, 5.41) is 8.59. The highest BCUT2D eigenvalue weighted by molar-refractivity contribution is 5.75. The van der Waals surface area contributed by atoms with Crippen molar-refractivity contribution in [2.45, 2.75) is 19.8 Å². The van der Waals surface area contributed by atoms with Crippen molar-refractivity contribution in [1.82, 2.24) is 9.80 Å². The van der Waals surface area contributed by atoms with Gasteiger partial charge in [0.25, 0.3) is 0 Å². The highest BCUT2D eigenvalue weighted by Gasteiger charge is 2.19. The van der Waals surface area contributed by atoms with Crippen molar-refractivity contribution in [3.8, 4) is 0 Å². The van der Waals surface area contributed by atoms with Crippen LogP contribution in [0.25, 0.3) is 0 Å². The zero-order chi connectivity index (χ0) is 12.0. The lowest BCUT2D eigenvalue weighted by atomic mass is 10.2. The van der Waals surface area contributed by atoms with E-state index in [4.69, 9.17) is 5.11 Å². The number of urea groups is 1. The van der Waals surface area contributed by atoms with E-state index < -0.39 is 5.97 Å². The molecule has 0 aromatic carbocycles. The number of carboxylic acids is 1. The van der Waals surface area contributed by atoms with Crippen LogP contribution in [0.2, 0.25) is 0 Å². The van der Waals surface area contributed by atoms with Gasteiger partial charge in [-0.15, -0.1) is 0 Å². The monoisotopic (exact) mass is 226 g/mol. The molecule has 0 aromatic rings. The Bertz CT molecular complexity index is 289. The molecule has 0 radical (unpaired) electrons. The van der Waals surface area contributed by atoms with Crippen molar-refractivity contribution >= 4 is 12.0 Å². The summed E-state index contributed by atoms with van der Waals surface area (Å²) >= 11 is 0. The van der Waals surface area contributed by atoms with Gasteiger partial charge in [-0.25, -0.2) is 4.79 Å². The predicted molar refractivity (Wildman–Crippen MR) is 60.2 cm³/mol. The van der Waals surface area contributed by atoms with E-state index in [1.807, 2.05) is 13.0 Å². The second-order valence-corrected chi connectivity index (χ2v) is 3.71. The van der Waals surface area contributed by atoms with Crippen LogP contribution in [0, 0.1) is 0 Å². The lowest BCUT2D eigenvalue weighted by Crippen LogP contribution is -2.45. The third-order valence-corrected chi connectivity index (χ3v) is 2.58. The normalized spacial score (nSPS) is 14.9. The van der Waals surface area contributed by atoms with Crippen LogP contribution in [0.4, 0.5) is 4.79 Å². The molecule has 0 bridgehead atoms. The molecule has 0 unspecified atom stereocenters. The number of carbonyl (C=O) groups excluding carboxylic acids is 1. The van der Waals surface area contributed by atoms with Crippen LogP contribution in [-0.2, 0) is 4.79 Å². The number of amides is 2. The average molecular weight is 226 g/mol. The Kier molecular flexibility index (Phi) is 4.82. The summed E-state index contributed by atoms with van der Waals surface area (Å²) in [7, 11) is 0. The minimum absolute atomic E-state index is 0.00323. The van der Waals surface area contributed by atoms with E-state index in [9.17, 15) is 9.59 Å². The molecule has 1 aliphatic heterocycles. The van der Waals surface area contributed by atoms with E-state index in [0.29, 0.717) is 13.1 Å². The van der Waals surface area contributed by atoms with E-state index in [1.165, 1.54) is 0 Å². The van der Waals surface area contributed by atoms with E-state index in [2.05, 4.69) is 6.08 Å². The van der Waals surface area contributed by atoms with Crippen molar-refractivity contribution in [3.63, 3.8) is 0 Å². The summed E-state index contributed by atoms with van der Waals surface area (Å²) in [6, 6.07) is -0.0619. The largest absolute Gasteiger partial charge is 0.481 e. The molecule has 2 amide bonds. The summed E-state index contributed by atoms with van der Waals surface area (Å²) < 4.78 is 0. The fourth-order valence-corrected chi connectivity index (χ4v) is 1.63. The molecule has 0 atom stereocenters. The smallest absolute Gasteiger partial charge is 0.320 e. The summed E-state index contributed by atoms with van der Waals surface area (Å²) in [6.45, 7) is 4.04. The molecule has 5 heteroatoms. The summed E-state index contributed by atoms with van der Waals surface area (Å²) in [5.74, 6) is -0.871. The lowest BCUT2D eigenvalue weighted by Gasteiger charge is -2.30. The van der Waals surface area contributed by atoms with Gasteiger partial charge in [-0.1, -0.05) is 12.2 Å². The Morgan fingerprint density at radius 2 is 2.19 bits per heavy atom. The Labute approximate surface area is 95.3 Å². The van der Waals surface area contributed by atoms with Crippen LogP contribution in [0.3, 0.4) is 0 Å². The molecule has 90 valence electrons. The minimum Gasteiger partial charge on any atom is -0.481 e. The summed E-state index contributed by atoms with van der Waals surface area (Å²) in [4.78, 5) is 25.7. The van der Waals surface area contributed by atoms with Gasteiger partial charge in [0.15, 0.2) is 0 Å². The van der Waals surface area contributed by atoms with Gasteiger partial charge in [0.1, 0.15) is 0 Å². The van der Waals surface area contributed by atoms with Gasteiger partial charge in [0, 0.05) is 26.2 Å². The molecule has 1 aliphatic rings. The van der Waals surface area contributed by atoms with E-state index in [-0.39, 0.29) is 19.0 Å². The highest BCUT2D eigenvalue weighted by Crippen LogP contribution is 2.06. The van der Waals surface area contributed by atoms with Crippen LogP contribution in [0.1, 0.15) is 19.8 Å². The molecule has 0 saturated carbocycles. The van der Waals surface area contributed by atoms with Gasteiger partial charge in [0.05, 0.1) is 6.42 Å². The second kappa shape index (κ2) is 6.15.